The fourth-order valence-corrected chi connectivity index (χ4v) is 4.43. The summed E-state index contributed by atoms with van der Waals surface area (Å²) >= 11 is 0. The van der Waals surface area contributed by atoms with Crippen molar-refractivity contribution in [1.29, 1.82) is 0 Å². The third kappa shape index (κ3) is 4.02. The van der Waals surface area contributed by atoms with E-state index in [0.29, 0.717) is 11.5 Å². The SMILES string of the molecule is COc1ccc(CN2C(=O)c3ccccc3C(C=N[C@H]3CCCC[C@H]3C)C2=O)cc1. The van der Waals surface area contributed by atoms with Crippen LogP contribution in [0.3, 0.4) is 0 Å². The van der Waals surface area contributed by atoms with Crippen LogP contribution in [-0.4, -0.2) is 36.1 Å². The standard InChI is InChI=1S/C25H28N2O3/c1-17-7-3-6-10-23(17)26-15-22-20-8-4-5-9-21(20)24(28)27(25(22)29)16-18-11-13-19(30-2)14-12-18/h4-5,8-9,11-15,17,22-23H,3,6-7,10,16H2,1-2H3/t17-,22?,23+/m1/s1. The Morgan fingerprint density at radius 3 is 2.53 bits per heavy atom. The molecule has 2 aromatic rings. The first-order chi connectivity index (χ1) is 14.6. The fourth-order valence-electron chi connectivity index (χ4n) is 4.43. The number of fused-ring (bicyclic) bond motifs is 1. The molecule has 0 aromatic heterocycles. The van der Waals surface area contributed by atoms with E-state index in [1.54, 1.807) is 19.4 Å². The van der Waals surface area contributed by atoms with Crippen LogP contribution in [0.4, 0.5) is 0 Å². The summed E-state index contributed by atoms with van der Waals surface area (Å²) in [6, 6.07) is 15.1. The minimum absolute atomic E-state index is 0.207. The second-order valence-corrected chi connectivity index (χ2v) is 8.27. The highest BCUT2D eigenvalue weighted by Gasteiger charge is 2.38. The summed E-state index contributed by atoms with van der Waals surface area (Å²) in [5, 5.41) is 0. The first kappa shape index (κ1) is 20.3. The average Bonchev–Trinajstić information content (AvgIpc) is 2.78. The van der Waals surface area contributed by atoms with Gasteiger partial charge in [0.2, 0.25) is 5.91 Å². The zero-order chi connectivity index (χ0) is 21.1. The van der Waals surface area contributed by atoms with Gasteiger partial charge in [0.05, 0.1) is 25.6 Å². The van der Waals surface area contributed by atoms with Crippen molar-refractivity contribution in [3.8, 4) is 5.75 Å². The topological polar surface area (TPSA) is 59.0 Å². The first-order valence-corrected chi connectivity index (χ1v) is 10.7. The number of rotatable bonds is 5. The number of methoxy groups -OCH3 is 1. The molecular weight excluding hydrogens is 376 g/mol. The Balaban J connectivity index is 1.62. The predicted molar refractivity (Wildman–Crippen MR) is 117 cm³/mol. The molecule has 5 nitrogen and oxygen atoms in total. The summed E-state index contributed by atoms with van der Waals surface area (Å²) in [6.07, 6.45) is 6.47. The van der Waals surface area contributed by atoms with Crippen LogP contribution in [0.15, 0.2) is 53.5 Å². The number of carbonyl (C=O) groups is 2. The van der Waals surface area contributed by atoms with Crippen LogP contribution in [0.2, 0.25) is 0 Å². The molecule has 3 atom stereocenters. The molecule has 1 saturated carbocycles. The predicted octanol–water partition coefficient (Wildman–Crippen LogP) is 4.61. The van der Waals surface area contributed by atoms with Gasteiger partial charge in [0, 0.05) is 11.8 Å². The number of hydrogen-bond donors (Lipinski definition) is 0. The number of benzene rings is 2. The molecule has 2 aliphatic rings. The Morgan fingerprint density at radius 2 is 1.80 bits per heavy atom. The number of ether oxygens (including phenoxy) is 1. The summed E-state index contributed by atoms with van der Waals surface area (Å²) in [5.74, 6) is 0.295. The van der Waals surface area contributed by atoms with E-state index in [4.69, 9.17) is 9.73 Å². The van der Waals surface area contributed by atoms with Gasteiger partial charge in [-0.05, 0) is 48.1 Å². The van der Waals surface area contributed by atoms with Gasteiger partial charge in [-0.25, -0.2) is 0 Å². The van der Waals surface area contributed by atoms with Crippen LogP contribution in [-0.2, 0) is 11.3 Å². The van der Waals surface area contributed by atoms with E-state index in [1.165, 1.54) is 24.2 Å². The summed E-state index contributed by atoms with van der Waals surface area (Å²) in [5.41, 5.74) is 2.22. The molecule has 30 heavy (non-hydrogen) atoms. The van der Waals surface area contributed by atoms with Crippen molar-refractivity contribution in [2.75, 3.05) is 7.11 Å². The maximum atomic E-state index is 13.4. The van der Waals surface area contributed by atoms with Crippen LogP contribution in [0.25, 0.3) is 0 Å². The van der Waals surface area contributed by atoms with Crippen molar-refractivity contribution in [1.82, 2.24) is 4.90 Å². The average molecular weight is 405 g/mol. The minimum atomic E-state index is -0.522. The third-order valence-corrected chi connectivity index (χ3v) is 6.30. The largest absolute Gasteiger partial charge is 0.497 e. The van der Waals surface area contributed by atoms with E-state index < -0.39 is 5.92 Å². The van der Waals surface area contributed by atoms with E-state index in [1.807, 2.05) is 42.5 Å². The molecule has 2 aromatic carbocycles. The zero-order valence-corrected chi connectivity index (χ0v) is 17.6. The van der Waals surface area contributed by atoms with Gasteiger partial charge in [0.1, 0.15) is 5.75 Å². The molecule has 0 N–H and O–H groups in total. The van der Waals surface area contributed by atoms with Gasteiger partial charge in [-0.3, -0.25) is 19.5 Å². The highest BCUT2D eigenvalue weighted by Crippen LogP contribution is 2.31. The highest BCUT2D eigenvalue weighted by atomic mass is 16.5. The molecule has 4 rings (SSSR count). The lowest BCUT2D eigenvalue weighted by Gasteiger charge is -2.32. The van der Waals surface area contributed by atoms with Crippen molar-refractivity contribution in [2.45, 2.75) is 51.1 Å². The van der Waals surface area contributed by atoms with E-state index >= 15 is 0 Å². The lowest BCUT2D eigenvalue weighted by atomic mass is 9.85. The summed E-state index contributed by atoms with van der Waals surface area (Å²) in [6.45, 7) is 2.47. The third-order valence-electron chi connectivity index (χ3n) is 6.30. The maximum Gasteiger partial charge on any atom is 0.261 e. The van der Waals surface area contributed by atoms with Crippen LogP contribution < -0.4 is 4.74 Å². The quantitative estimate of drug-likeness (QED) is 0.540. The zero-order valence-electron chi connectivity index (χ0n) is 17.6. The second kappa shape index (κ2) is 8.82. The summed E-state index contributed by atoms with van der Waals surface area (Å²) in [4.78, 5) is 32.6. The molecule has 1 aliphatic carbocycles. The molecule has 1 heterocycles. The van der Waals surface area contributed by atoms with Crippen molar-refractivity contribution in [2.24, 2.45) is 10.9 Å². The maximum absolute atomic E-state index is 13.4. The second-order valence-electron chi connectivity index (χ2n) is 8.27. The Bertz CT molecular complexity index is 951. The number of amides is 2. The van der Waals surface area contributed by atoms with E-state index in [2.05, 4.69) is 6.92 Å². The molecule has 5 heteroatoms. The number of nitrogens with zero attached hydrogens (tertiary/aromatic N) is 2. The normalized spacial score (nSPS) is 24.2. The van der Waals surface area contributed by atoms with Crippen molar-refractivity contribution in [3.63, 3.8) is 0 Å². The van der Waals surface area contributed by atoms with E-state index in [-0.39, 0.29) is 24.4 Å². The van der Waals surface area contributed by atoms with Gasteiger partial charge in [-0.15, -0.1) is 0 Å². The molecule has 2 amide bonds. The fraction of sp³-hybridized carbons (Fsp3) is 0.400. The van der Waals surface area contributed by atoms with Gasteiger partial charge in [-0.1, -0.05) is 50.1 Å². The lowest BCUT2D eigenvalue weighted by Crippen LogP contribution is -2.44. The molecule has 0 bridgehead atoms. The Morgan fingerprint density at radius 1 is 1.07 bits per heavy atom. The molecule has 156 valence electrons. The molecule has 0 spiro atoms. The van der Waals surface area contributed by atoms with Crippen LogP contribution in [0.1, 0.15) is 60.0 Å². The van der Waals surface area contributed by atoms with Gasteiger partial charge < -0.3 is 4.74 Å². The minimum Gasteiger partial charge on any atom is -0.497 e. The first-order valence-electron chi connectivity index (χ1n) is 10.7. The Hall–Kier alpha value is -2.95. The van der Waals surface area contributed by atoms with E-state index in [0.717, 1.165) is 23.3 Å². The van der Waals surface area contributed by atoms with Gasteiger partial charge in [0.25, 0.3) is 5.91 Å². The molecule has 0 radical (unpaired) electrons. The van der Waals surface area contributed by atoms with Crippen molar-refractivity contribution < 1.29 is 14.3 Å². The molecule has 0 saturated heterocycles. The van der Waals surface area contributed by atoms with Crippen LogP contribution in [0, 0.1) is 5.92 Å². The van der Waals surface area contributed by atoms with Crippen LogP contribution in [0.5, 0.6) is 5.75 Å². The van der Waals surface area contributed by atoms with Crippen molar-refractivity contribution in [3.05, 3.63) is 65.2 Å². The number of aliphatic imine (C=N–C) groups is 1. The number of hydrogen-bond acceptors (Lipinski definition) is 4. The summed E-state index contributed by atoms with van der Waals surface area (Å²) in [7, 11) is 1.61. The number of imide groups is 1. The molecule has 1 aliphatic heterocycles. The van der Waals surface area contributed by atoms with Gasteiger partial charge in [-0.2, -0.15) is 0 Å². The highest BCUT2D eigenvalue weighted by molar-refractivity contribution is 6.16. The monoisotopic (exact) mass is 404 g/mol. The summed E-state index contributed by atoms with van der Waals surface area (Å²) < 4.78 is 5.20. The van der Waals surface area contributed by atoms with Crippen molar-refractivity contribution >= 4 is 18.0 Å². The molecular formula is C25H28N2O3. The smallest absolute Gasteiger partial charge is 0.261 e. The Kier molecular flexibility index (Phi) is 5.98. The van der Waals surface area contributed by atoms with E-state index in [9.17, 15) is 9.59 Å². The Labute approximate surface area is 177 Å². The van der Waals surface area contributed by atoms with Crippen LogP contribution >= 0.6 is 0 Å². The molecule has 1 unspecified atom stereocenters. The molecule has 1 fully saturated rings. The lowest BCUT2D eigenvalue weighted by molar-refractivity contribution is -0.129. The number of carbonyl (C=O) groups excluding carboxylic acids is 2. The van der Waals surface area contributed by atoms with Gasteiger partial charge in [0.15, 0.2) is 0 Å². The van der Waals surface area contributed by atoms with Gasteiger partial charge >= 0.3 is 0 Å².